The predicted molar refractivity (Wildman–Crippen MR) is 138 cm³/mol. The van der Waals surface area contributed by atoms with Crippen molar-refractivity contribution in [3.63, 3.8) is 0 Å². The van der Waals surface area contributed by atoms with E-state index in [1.807, 2.05) is 55.5 Å². The van der Waals surface area contributed by atoms with Crippen LogP contribution in [0.4, 0.5) is 0 Å². The quantitative estimate of drug-likeness (QED) is 0.327. The predicted octanol–water partition coefficient (Wildman–Crippen LogP) is 6.33. The minimum Gasteiger partial charge on any atom is -0.375 e. The maximum atomic E-state index is 13.8. The van der Waals surface area contributed by atoms with Crippen molar-refractivity contribution in [1.29, 1.82) is 0 Å². The fraction of sp³-hybridized carbons (Fsp3) is 0.433. The zero-order valence-corrected chi connectivity index (χ0v) is 20.5. The Bertz CT molecular complexity index is 827. The molecule has 1 saturated heterocycles. The van der Waals surface area contributed by atoms with Crippen LogP contribution >= 0.6 is 0 Å². The molecule has 2 aromatic rings. The van der Waals surface area contributed by atoms with Gasteiger partial charge in [-0.3, -0.25) is 4.79 Å². The van der Waals surface area contributed by atoms with E-state index >= 15 is 0 Å². The molecule has 4 heteroatoms. The van der Waals surface area contributed by atoms with Gasteiger partial charge in [0, 0.05) is 5.92 Å². The first-order valence-electron chi connectivity index (χ1n) is 12.5. The van der Waals surface area contributed by atoms with Crippen molar-refractivity contribution >= 4 is 5.91 Å². The van der Waals surface area contributed by atoms with Crippen molar-refractivity contribution in [2.45, 2.75) is 64.3 Å². The fourth-order valence-corrected chi connectivity index (χ4v) is 4.64. The van der Waals surface area contributed by atoms with E-state index in [-0.39, 0.29) is 23.9 Å². The van der Waals surface area contributed by atoms with E-state index in [0.29, 0.717) is 32.8 Å². The number of likely N-dealkylation sites (tertiary alicyclic amines) is 1. The molecule has 0 radical (unpaired) electrons. The van der Waals surface area contributed by atoms with Crippen molar-refractivity contribution in [2.75, 3.05) is 13.2 Å². The van der Waals surface area contributed by atoms with Crippen LogP contribution in [0.25, 0.3) is 0 Å². The van der Waals surface area contributed by atoms with Gasteiger partial charge < -0.3 is 14.4 Å². The number of allylic oxidation sites excluding steroid dienone is 3. The van der Waals surface area contributed by atoms with Gasteiger partial charge in [-0.1, -0.05) is 78.9 Å². The Kier molecular flexibility index (Phi) is 11.1. The third-order valence-corrected chi connectivity index (χ3v) is 6.42. The topological polar surface area (TPSA) is 38.8 Å². The summed E-state index contributed by atoms with van der Waals surface area (Å²) in [6.45, 7) is 8.09. The summed E-state index contributed by atoms with van der Waals surface area (Å²) in [6.07, 6.45) is 10.3. The van der Waals surface area contributed by atoms with Crippen molar-refractivity contribution in [1.82, 2.24) is 4.90 Å². The third kappa shape index (κ3) is 7.96. The number of piperidine rings is 1. The molecular weight excluding hydrogens is 422 g/mol. The lowest BCUT2D eigenvalue weighted by atomic mass is 9.91. The van der Waals surface area contributed by atoms with E-state index in [9.17, 15) is 4.79 Å². The average molecular weight is 462 g/mol. The summed E-state index contributed by atoms with van der Waals surface area (Å²) in [5.41, 5.74) is 2.30. The molecule has 3 atom stereocenters. The molecule has 0 saturated carbocycles. The number of hydrogen-bond donors (Lipinski definition) is 0. The molecule has 1 aliphatic heterocycles. The fourth-order valence-electron chi connectivity index (χ4n) is 4.64. The first kappa shape index (κ1) is 25.9. The van der Waals surface area contributed by atoms with Crippen molar-refractivity contribution in [3.8, 4) is 0 Å². The molecule has 1 amide bonds. The highest BCUT2D eigenvalue weighted by Crippen LogP contribution is 2.28. The van der Waals surface area contributed by atoms with Crippen LogP contribution < -0.4 is 0 Å². The Labute approximate surface area is 205 Å². The molecule has 0 unspecified atom stereocenters. The molecular formula is C30H39NO3. The van der Waals surface area contributed by atoms with Gasteiger partial charge in [0.2, 0.25) is 5.91 Å². The maximum Gasteiger partial charge on any atom is 0.226 e. The number of carbonyl (C=O) groups is 1. The molecule has 0 aromatic heterocycles. The monoisotopic (exact) mass is 461 g/mol. The molecule has 0 aliphatic carbocycles. The molecule has 4 nitrogen and oxygen atoms in total. The van der Waals surface area contributed by atoms with E-state index in [1.165, 1.54) is 0 Å². The number of amides is 1. The largest absolute Gasteiger partial charge is 0.375 e. The van der Waals surface area contributed by atoms with E-state index in [1.54, 1.807) is 0 Å². The lowest BCUT2D eigenvalue weighted by Crippen LogP contribution is -2.55. The molecule has 1 fully saturated rings. The van der Waals surface area contributed by atoms with E-state index in [0.717, 1.165) is 36.8 Å². The molecule has 0 bridgehead atoms. The molecule has 182 valence electrons. The van der Waals surface area contributed by atoms with Gasteiger partial charge in [0.1, 0.15) is 0 Å². The number of ether oxygens (including phenoxy) is 2. The van der Waals surface area contributed by atoms with Crippen LogP contribution in [0.15, 0.2) is 85.5 Å². The lowest BCUT2D eigenvalue weighted by molar-refractivity contribution is -0.147. The van der Waals surface area contributed by atoms with Crippen LogP contribution in [0.5, 0.6) is 0 Å². The van der Waals surface area contributed by atoms with Crippen molar-refractivity contribution in [3.05, 3.63) is 96.6 Å². The van der Waals surface area contributed by atoms with E-state index in [4.69, 9.17) is 9.47 Å². The van der Waals surface area contributed by atoms with Gasteiger partial charge in [0.15, 0.2) is 0 Å². The Morgan fingerprint density at radius 1 is 0.941 bits per heavy atom. The minimum absolute atomic E-state index is 0.0632. The number of nitrogens with zero attached hydrogens (tertiary/aromatic N) is 1. The molecule has 2 aromatic carbocycles. The first-order valence-corrected chi connectivity index (χ1v) is 12.5. The molecule has 3 rings (SSSR count). The zero-order chi connectivity index (χ0) is 24.0. The zero-order valence-electron chi connectivity index (χ0n) is 20.5. The van der Waals surface area contributed by atoms with Crippen LogP contribution in [-0.4, -0.2) is 36.1 Å². The summed E-state index contributed by atoms with van der Waals surface area (Å²) in [6, 6.07) is 20.5. The normalized spacial score (nSPS) is 19.3. The summed E-state index contributed by atoms with van der Waals surface area (Å²) < 4.78 is 12.2. The summed E-state index contributed by atoms with van der Waals surface area (Å²) in [4.78, 5) is 15.9. The highest BCUT2D eigenvalue weighted by molar-refractivity contribution is 5.80. The Morgan fingerprint density at radius 2 is 1.47 bits per heavy atom. The number of hydrogen-bond acceptors (Lipinski definition) is 3. The summed E-state index contributed by atoms with van der Waals surface area (Å²) in [7, 11) is 0. The molecule has 0 N–H and O–H groups in total. The molecule has 34 heavy (non-hydrogen) atoms. The SMILES string of the molecule is C=CC[C@@H](C/C=C/C)C(=O)N1[C@@H](COCc2ccccc2)CCC[C@@H]1COCc1ccccc1. The van der Waals surface area contributed by atoms with Gasteiger partial charge in [-0.15, -0.1) is 6.58 Å². The lowest BCUT2D eigenvalue weighted by Gasteiger charge is -2.43. The van der Waals surface area contributed by atoms with Crippen LogP contribution in [0.3, 0.4) is 0 Å². The van der Waals surface area contributed by atoms with Gasteiger partial charge >= 0.3 is 0 Å². The van der Waals surface area contributed by atoms with Crippen LogP contribution in [0.2, 0.25) is 0 Å². The van der Waals surface area contributed by atoms with Crippen molar-refractivity contribution < 1.29 is 14.3 Å². The van der Waals surface area contributed by atoms with Crippen LogP contribution in [0, 0.1) is 5.92 Å². The highest BCUT2D eigenvalue weighted by atomic mass is 16.5. The Morgan fingerprint density at radius 3 is 1.94 bits per heavy atom. The third-order valence-electron chi connectivity index (χ3n) is 6.42. The molecule has 0 spiro atoms. The second-order valence-electron chi connectivity index (χ2n) is 9.01. The number of rotatable bonds is 13. The van der Waals surface area contributed by atoms with Gasteiger partial charge in [0.05, 0.1) is 38.5 Å². The summed E-state index contributed by atoms with van der Waals surface area (Å²) >= 11 is 0. The molecule has 1 heterocycles. The molecule has 1 aliphatic rings. The first-order chi connectivity index (χ1) is 16.7. The van der Waals surface area contributed by atoms with E-state index < -0.39 is 0 Å². The summed E-state index contributed by atoms with van der Waals surface area (Å²) in [5, 5.41) is 0. The number of benzene rings is 2. The second-order valence-corrected chi connectivity index (χ2v) is 9.01. The second kappa shape index (κ2) is 14.5. The van der Waals surface area contributed by atoms with Crippen molar-refractivity contribution in [2.24, 2.45) is 5.92 Å². The van der Waals surface area contributed by atoms with Crippen LogP contribution in [-0.2, 0) is 27.5 Å². The number of carbonyl (C=O) groups excluding carboxylic acids is 1. The highest BCUT2D eigenvalue weighted by Gasteiger charge is 2.37. The minimum atomic E-state index is -0.0972. The average Bonchev–Trinajstić information content (AvgIpc) is 2.87. The standard InChI is InChI=1S/C30H39NO3/c1-3-5-18-27(13-4-2)30(32)31-28(23-33-21-25-14-8-6-9-15-25)19-12-20-29(31)24-34-22-26-16-10-7-11-17-26/h3-11,14-17,27-29H,2,12-13,18-24H2,1H3/b5-3+/t27-,28+,29+/m0/s1. The van der Waals surface area contributed by atoms with Gasteiger partial charge in [-0.25, -0.2) is 0 Å². The smallest absolute Gasteiger partial charge is 0.226 e. The van der Waals surface area contributed by atoms with Gasteiger partial charge in [-0.05, 0) is 50.2 Å². The van der Waals surface area contributed by atoms with Crippen LogP contribution in [0.1, 0.15) is 50.2 Å². The van der Waals surface area contributed by atoms with E-state index in [2.05, 4.69) is 41.8 Å². The van der Waals surface area contributed by atoms with Gasteiger partial charge in [0.25, 0.3) is 0 Å². The summed E-state index contributed by atoms with van der Waals surface area (Å²) in [5.74, 6) is 0.0966. The van der Waals surface area contributed by atoms with Gasteiger partial charge in [-0.2, -0.15) is 0 Å². The maximum absolute atomic E-state index is 13.8. The Balaban J connectivity index is 1.69. The Hall–Kier alpha value is -2.69.